The molecule has 1 aromatic rings. The summed E-state index contributed by atoms with van der Waals surface area (Å²) in [6.07, 6.45) is 0. The van der Waals surface area contributed by atoms with E-state index in [4.69, 9.17) is 27.9 Å². The smallest absolute Gasteiger partial charge is 0.325 e. The normalized spacial score (nSPS) is 20.1. The lowest BCUT2D eigenvalue weighted by atomic mass is 10.3. The van der Waals surface area contributed by atoms with Crippen LogP contribution in [0.25, 0.3) is 0 Å². The van der Waals surface area contributed by atoms with Gasteiger partial charge in [-0.05, 0) is 32.0 Å². The Kier molecular flexibility index (Phi) is 5.07. The zero-order chi connectivity index (χ0) is 14.7. The average molecular weight is 331 g/mol. The number of hydrogen-bond acceptors (Lipinski definition) is 4. The first kappa shape index (κ1) is 15.4. The van der Waals surface area contributed by atoms with Gasteiger partial charge in [0.1, 0.15) is 5.25 Å². The van der Waals surface area contributed by atoms with Gasteiger partial charge in [-0.1, -0.05) is 35.0 Å². The highest BCUT2D eigenvalue weighted by atomic mass is 35.5. The van der Waals surface area contributed by atoms with E-state index in [-0.39, 0.29) is 5.97 Å². The summed E-state index contributed by atoms with van der Waals surface area (Å²) >= 11 is 13.0. The summed E-state index contributed by atoms with van der Waals surface area (Å²) < 4.78 is 5.00. The van der Waals surface area contributed by atoms with E-state index in [2.05, 4.69) is 9.98 Å². The average Bonchev–Trinajstić information content (AvgIpc) is 2.75. The van der Waals surface area contributed by atoms with Crippen molar-refractivity contribution >= 4 is 57.5 Å². The fourth-order valence-electron chi connectivity index (χ4n) is 1.58. The molecule has 0 aromatic heterocycles. The largest absolute Gasteiger partial charge is 0.465 e. The molecule has 0 N–H and O–H groups in total. The molecule has 0 radical (unpaired) electrons. The number of amidine groups is 1. The molecule has 0 fully saturated rings. The van der Waals surface area contributed by atoms with Crippen LogP contribution in [-0.2, 0) is 9.53 Å². The van der Waals surface area contributed by atoms with E-state index in [1.165, 1.54) is 11.8 Å². The van der Waals surface area contributed by atoms with E-state index in [0.29, 0.717) is 33.2 Å². The van der Waals surface area contributed by atoms with Gasteiger partial charge in [-0.2, -0.15) is 0 Å². The van der Waals surface area contributed by atoms with Crippen molar-refractivity contribution in [1.82, 2.24) is 0 Å². The minimum Gasteiger partial charge on any atom is -0.465 e. The lowest BCUT2D eigenvalue weighted by Crippen LogP contribution is -2.24. The van der Waals surface area contributed by atoms with Gasteiger partial charge in [0.2, 0.25) is 0 Å². The number of carbonyl (C=O) groups excluding carboxylic acids is 1. The first-order chi connectivity index (χ1) is 9.51. The SMILES string of the molecule is CCOC(=O)[C@@H]1SC(=Nc2ccc(Cl)c(Cl)c2)N=C1C. The number of rotatable bonds is 3. The third kappa shape index (κ3) is 3.53. The standard InChI is InChI=1S/C13H12Cl2N2O2S/c1-3-19-12(18)11-7(2)16-13(20-11)17-8-4-5-9(14)10(15)6-8/h4-6,11H,3H2,1-2H3/t11-/m1/s1. The van der Waals surface area contributed by atoms with Gasteiger partial charge in [0, 0.05) is 5.71 Å². The summed E-state index contributed by atoms with van der Waals surface area (Å²) in [6, 6.07) is 5.06. The Morgan fingerprint density at radius 2 is 2.20 bits per heavy atom. The molecule has 4 nitrogen and oxygen atoms in total. The lowest BCUT2D eigenvalue weighted by molar-refractivity contribution is -0.141. The number of hydrogen-bond donors (Lipinski definition) is 0. The van der Waals surface area contributed by atoms with Crippen LogP contribution in [0.2, 0.25) is 10.0 Å². The molecule has 106 valence electrons. The second-order valence-electron chi connectivity index (χ2n) is 4.00. The molecule has 20 heavy (non-hydrogen) atoms. The maximum Gasteiger partial charge on any atom is 0.325 e. The Bertz CT molecular complexity index is 602. The van der Waals surface area contributed by atoms with Crippen LogP contribution in [0, 0.1) is 0 Å². The van der Waals surface area contributed by atoms with Crippen LogP contribution in [0.1, 0.15) is 13.8 Å². The third-order valence-electron chi connectivity index (χ3n) is 2.50. The van der Waals surface area contributed by atoms with Crippen molar-refractivity contribution in [2.24, 2.45) is 9.98 Å². The molecule has 0 bridgehead atoms. The first-order valence-electron chi connectivity index (χ1n) is 5.93. The minimum atomic E-state index is -0.420. The van der Waals surface area contributed by atoms with E-state index in [9.17, 15) is 4.79 Å². The maximum absolute atomic E-state index is 11.7. The number of thioether (sulfide) groups is 1. The molecule has 0 spiro atoms. The van der Waals surface area contributed by atoms with Gasteiger partial charge >= 0.3 is 5.97 Å². The number of ether oxygens (including phenoxy) is 1. The summed E-state index contributed by atoms with van der Waals surface area (Å²) in [5.41, 5.74) is 1.33. The van der Waals surface area contributed by atoms with Gasteiger partial charge in [-0.15, -0.1) is 0 Å². The number of esters is 1. The lowest BCUT2D eigenvalue weighted by Gasteiger charge is -2.07. The van der Waals surface area contributed by atoms with E-state index in [0.717, 1.165) is 0 Å². The predicted molar refractivity (Wildman–Crippen MR) is 84.7 cm³/mol. The summed E-state index contributed by atoms with van der Waals surface area (Å²) in [5.74, 6) is -0.293. The van der Waals surface area contributed by atoms with Crippen LogP contribution in [0.3, 0.4) is 0 Å². The Labute approximate surface area is 131 Å². The Morgan fingerprint density at radius 3 is 2.85 bits per heavy atom. The molecule has 0 amide bonds. The molecule has 0 aliphatic carbocycles. The van der Waals surface area contributed by atoms with Crippen LogP contribution in [-0.4, -0.2) is 28.7 Å². The molecular formula is C13H12Cl2N2O2S. The summed E-state index contributed by atoms with van der Waals surface area (Å²) in [4.78, 5) is 20.4. The van der Waals surface area contributed by atoms with Gasteiger partial charge in [0.25, 0.3) is 0 Å². The zero-order valence-corrected chi connectivity index (χ0v) is 13.2. The van der Waals surface area contributed by atoms with Gasteiger partial charge in [-0.3, -0.25) is 4.79 Å². The second-order valence-corrected chi connectivity index (χ2v) is 5.88. The third-order valence-corrected chi connectivity index (χ3v) is 4.40. The van der Waals surface area contributed by atoms with E-state index in [1.807, 2.05) is 0 Å². The van der Waals surface area contributed by atoms with Crippen LogP contribution in [0.15, 0.2) is 28.2 Å². The van der Waals surface area contributed by atoms with E-state index in [1.54, 1.807) is 32.0 Å². The fraction of sp³-hybridized carbons (Fsp3) is 0.308. The Morgan fingerprint density at radius 1 is 1.45 bits per heavy atom. The molecule has 1 heterocycles. The van der Waals surface area contributed by atoms with E-state index >= 15 is 0 Å². The van der Waals surface area contributed by atoms with Crippen molar-refractivity contribution in [1.29, 1.82) is 0 Å². The van der Waals surface area contributed by atoms with Crippen molar-refractivity contribution < 1.29 is 9.53 Å². The van der Waals surface area contributed by atoms with Crippen molar-refractivity contribution in [3.63, 3.8) is 0 Å². The summed E-state index contributed by atoms with van der Waals surface area (Å²) in [7, 11) is 0. The summed E-state index contributed by atoms with van der Waals surface area (Å²) in [6.45, 7) is 3.91. The zero-order valence-electron chi connectivity index (χ0n) is 10.9. The molecule has 1 aliphatic heterocycles. The van der Waals surface area contributed by atoms with Crippen molar-refractivity contribution in [3.8, 4) is 0 Å². The van der Waals surface area contributed by atoms with Gasteiger partial charge in [-0.25, -0.2) is 9.98 Å². The number of halogens is 2. The molecule has 1 atom stereocenters. The highest BCUT2D eigenvalue weighted by Gasteiger charge is 2.31. The van der Waals surface area contributed by atoms with Crippen LogP contribution < -0.4 is 0 Å². The van der Waals surface area contributed by atoms with Crippen molar-refractivity contribution in [2.45, 2.75) is 19.1 Å². The number of carbonyl (C=O) groups is 1. The highest BCUT2D eigenvalue weighted by molar-refractivity contribution is 8.16. The first-order valence-corrected chi connectivity index (χ1v) is 7.57. The van der Waals surface area contributed by atoms with Crippen molar-refractivity contribution in [3.05, 3.63) is 28.2 Å². The number of nitrogens with zero attached hydrogens (tertiary/aromatic N) is 2. The van der Waals surface area contributed by atoms with Gasteiger partial charge < -0.3 is 4.74 Å². The molecule has 1 aliphatic rings. The number of benzene rings is 1. The second kappa shape index (κ2) is 6.61. The highest BCUT2D eigenvalue weighted by Crippen LogP contribution is 2.30. The minimum absolute atomic E-state index is 0.293. The fourth-order valence-corrected chi connectivity index (χ4v) is 2.83. The molecule has 0 saturated carbocycles. The Balaban J connectivity index is 2.17. The van der Waals surface area contributed by atoms with Crippen LogP contribution in [0.5, 0.6) is 0 Å². The molecule has 0 unspecified atom stereocenters. The monoisotopic (exact) mass is 330 g/mol. The van der Waals surface area contributed by atoms with E-state index < -0.39 is 5.25 Å². The molecule has 1 aromatic carbocycles. The maximum atomic E-state index is 11.7. The van der Waals surface area contributed by atoms with Crippen LogP contribution in [0.4, 0.5) is 5.69 Å². The van der Waals surface area contributed by atoms with Gasteiger partial charge in [0.15, 0.2) is 5.17 Å². The molecular weight excluding hydrogens is 319 g/mol. The molecule has 7 heteroatoms. The topological polar surface area (TPSA) is 51.0 Å². The predicted octanol–water partition coefficient (Wildman–Crippen LogP) is 4.12. The van der Waals surface area contributed by atoms with Crippen molar-refractivity contribution in [2.75, 3.05) is 6.61 Å². The Hall–Kier alpha value is -1.04. The number of aliphatic imine (C=N–C) groups is 2. The quantitative estimate of drug-likeness (QED) is 0.783. The summed E-state index contributed by atoms with van der Waals surface area (Å²) in [5, 5.41) is 0.994. The van der Waals surface area contributed by atoms with Gasteiger partial charge in [0.05, 0.1) is 22.3 Å². The molecule has 2 rings (SSSR count). The molecule has 0 saturated heterocycles. The van der Waals surface area contributed by atoms with Crippen LogP contribution >= 0.6 is 35.0 Å².